The molecular formula is C33H23Br2Cl2F5N6O3. The summed E-state index contributed by atoms with van der Waals surface area (Å²) < 4.78 is 82.7. The minimum Gasteiger partial charge on any atom is -0.497 e. The van der Waals surface area contributed by atoms with E-state index >= 15 is 0 Å². The molecule has 0 aliphatic rings. The molecule has 0 aliphatic heterocycles. The summed E-state index contributed by atoms with van der Waals surface area (Å²) in [7, 11) is 1.31. The summed E-state index contributed by atoms with van der Waals surface area (Å²) in [4.78, 5) is 24.8. The fraction of sp³-hybridized carbons (Fsp3) is 0.152. The van der Waals surface area contributed by atoms with Crippen molar-refractivity contribution < 1.29 is 26.7 Å². The molecule has 0 amide bonds. The molecule has 0 unspecified atom stereocenters. The number of aromatic nitrogens is 6. The third kappa shape index (κ3) is 7.54. The third-order valence-corrected chi connectivity index (χ3v) is 8.77. The van der Waals surface area contributed by atoms with E-state index in [4.69, 9.17) is 27.9 Å². The Hall–Kier alpha value is -4.25. The molecule has 9 nitrogen and oxygen atoms in total. The number of methoxy groups -OCH3 is 1. The first-order valence-electron chi connectivity index (χ1n) is 14.7. The van der Waals surface area contributed by atoms with Crippen LogP contribution in [0.25, 0.3) is 33.9 Å². The normalized spacial score (nSPS) is 11.1. The van der Waals surface area contributed by atoms with Crippen molar-refractivity contribution in [2.24, 2.45) is 0 Å². The van der Waals surface area contributed by atoms with Crippen molar-refractivity contribution in [3.8, 4) is 39.6 Å². The highest BCUT2D eigenvalue weighted by Gasteiger charge is 2.25. The highest BCUT2D eigenvalue weighted by atomic mass is 79.9. The molecule has 0 saturated heterocycles. The first-order chi connectivity index (χ1) is 24.2. The summed E-state index contributed by atoms with van der Waals surface area (Å²) in [6, 6.07) is 5.84. The van der Waals surface area contributed by atoms with Crippen molar-refractivity contribution >= 4 is 55.1 Å². The SMILES string of the molecule is CCn1c(-c2c(F)cc(F)cc2F)c(-n2cc(Br)cn2)cc(Cl)c1=O.CCn1c(-c2c(F)cc(OC)cc2F)c(-n2cc(Br)cn2)cc(Cl)c1=O. The van der Waals surface area contributed by atoms with Gasteiger partial charge in [0.2, 0.25) is 0 Å². The third-order valence-electron chi connectivity index (χ3n) is 7.41. The standard InChI is InChI=1S/C17H13BrClF2N3O2.C16H10BrClF3N3O/c1-3-23-16(15-12(20)4-10(26-2)5-13(15)21)14(6-11(19)17(23)25)24-8-9(18)7-22-24;1-2-23-15(14-11(20)3-9(19)4-12(14)21)13(5-10(18)16(23)25)24-7-8(17)6-22-24/h4-8H,3H2,1-2H3;3-7H,2H2,1H3. The zero-order valence-electron chi connectivity index (χ0n) is 26.5. The van der Waals surface area contributed by atoms with E-state index in [0.717, 1.165) is 16.7 Å². The van der Waals surface area contributed by atoms with Gasteiger partial charge in [-0.3, -0.25) is 9.59 Å². The maximum Gasteiger partial charge on any atom is 0.269 e. The van der Waals surface area contributed by atoms with Crippen LogP contribution < -0.4 is 15.9 Å². The molecule has 0 bridgehead atoms. The van der Waals surface area contributed by atoms with E-state index in [1.165, 1.54) is 45.6 Å². The van der Waals surface area contributed by atoms with Crippen LogP contribution in [0.4, 0.5) is 22.0 Å². The molecule has 0 aliphatic carbocycles. The van der Waals surface area contributed by atoms with Crippen LogP contribution in [0.5, 0.6) is 5.75 Å². The molecule has 0 spiro atoms. The summed E-state index contributed by atoms with van der Waals surface area (Å²) in [5.74, 6) is -5.01. The monoisotopic (exact) mass is 874 g/mol. The van der Waals surface area contributed by atoms with Crippen molar-refractivity contribution in [1.29, 1.82) is 0 Å². The number of rotatable bonds is 7. The van der Waals surface area contributed by atoms with Crippen LogP contribution in [0.3, 0.4) is 0 Å². The van der Waals surface area contributed by atoms with E-state index in [2.05, 4.69) is 42.1 Å². The van der Waals surface area contributed by atoms with Crippen LogP contribution in [0.2, 0.25) is 10.0 Å². The Bertz CT molecular complexity index is 2370. The highest BCUT2D eigenvalue weighted by Crippen LogP contribution is 2.35. The fourth-order valence-electron chi connectivity index (χ4n) is 5.24. The van der Waals surface area contributed by atoms with Crippen molar-refractivity contribution in [2.75, 3.05) is 7.11 Å². The minimum absolute atomic E-state index is 0.0338. The average Bonchev–Trinajstić information content (AvgIpc) is 3.71. The summed E-state index contributed by atoms with van der Waals surface area (Å²) in [5, 5.41) is 8.00. The van der Waals surface area contributed by atoms with E-state index in [0.29, 0.717) is 21.1 Å². The molecule has 0 fully saturated rings. The second kappa shape index (κ2) is 15.6. The summed E-state index contributed by atoms with van der Waals surface area (Å²) >= 11 is 18.5. The van der Waals surface area contributed by atoms with Crippen LogP contribution >= 0.6 is 55.1 Å². The quantitative estimate of drug-likeness (QED) is 0.150. The zero-order chi connectivity index (χ0) is 37.3. The van der Waals surface area contributed by atoms with Gasteiger partial charge in [0.15, 0.2) is 0 Å². The van der Waals surface area contributed by atoms with Crippen molar-refractivity contribution in [2.45, 2.75) is 26.9 Å². The maximum absolute atomic E-state index is 14.7. The topological polar surface area (TPSA) is 88.9 Å². The van der Waals surface area contributed by atoms with Crippen LogP contribution in [0.1, 0.15) is 13.8 Å². The summed E-state index contributed by atoms with van der Waals surface area (Å²) in [6.07, 6.45) is 6.12. The molecule has 0 radical (unpaired) electrons. The molecule has 4 aromatic heterocycles. The lowest BCUT2D eigenvalue weighted by Gasteiger charge is -2.18. The van der Waals surface area contributed by atoms with Crippen LogP contribution in [-0.4, -0.2) is 35.8 Å². The van der Waals surface area contributed by atoms with Crippen LogP contribution in [0, 0.1) is 29.1 Å². The molecular weight excluding hydrogens is 854 g/mol. The van der Waals surface area contributed by atoms with E-state index in [1.54, 1.807) is 26.2 Å². The molecule has 0 saturated carbocycles. The highest BCUT2D eigenvalue weighted by molar-refractivity contribution is 9.10. The van der Waals surface area contributed by atoms with Gasteiger partial charge in [0, 0.05) is 49.7 Å². The first-order valence-corrected chi connectivity index (χ1v) is 17.0. The van der Waals surface area contributed by atoms with Gasteiger partial charge in [0.05, 0.1) is 62.3 Å². The number of halogens is 9. The lowest BCUT2D eigenvalue weighted by molar-refractivity contribution is 0.407. The van der Waals surface area contributed by atoms with Crippen LogP contribution in [0.15, 0.2) is 79.7 Å². The molecule has 6 rings (SSSR count). The van der Waals surface area contributed by atoms with E-state index < -0.39 is 45.8 Å². The summed E-state index contributed by atoms with van der Waals surface area (Å²) in [6.45, 7) is 3.57. The summed E-state index contributed by atoms with van der Waals surface area (Å²) in [5.41, 5.74) is -1.64. The molecule has 0 N–H and O–H groups in total. The maximum atomic E-state index is 14.7. The molecule has 18 heteroatoms. The van der Waals surface area contributed by atoms with Gasteiger partial charge in [0.1, 0.15) is 44.9 Å². The molecule has 266 valence electrons. The van der Waals surface area contributed by atoms with E-state index in [9.17, 15) is 31.5 Å². The smallest absolute Gasteiger partial charge is 0.269 e. The van der Waals surface area contributed by atoms with Crippen LogP contribution in [-0.2, 0) is 13.1 Å². The number of pyridine rings is 2. The predicted molar refractivity (Wildman–Crippen MR) is 190 cm³/mol. The Balaban J connectivity index is 0.000000198. The van der Waals surface area contributed by atoms with Crippen molar-refractivity contribution in [3.05, 3.63) is 130 Å². The second-order valence-corrected chi connectivity index (χ2v) is 13.1. The number of ether oxygens (including phenoxy) is 1. The van der Waals surface area contributed by atoms with Crippen molar-refractivity contribution in [3.63, 3.8) is 0 Å². The van der Waals surface area contributed by atoms with Gasteiger partial charge in [-0.25, -0.2) is 31.3 Å². The Kier molecular flexibility index (Phi) is 11.6. The van der Waals surface area contributed by atoms with Gasteiger partial charge in [-0.05, 0) is 57.8 Å². The molecule has 51 heavy (non-hydrogen) atoms. The molecule has 6 aromatic rings. The number of nitrogens with zero attached hydrogens (tertiary/aromatic N) is 6. The Labute approximate surface area is 312 Å². The van der Waals surface area contributed by atoms with Gasteiger partial charge in [-0.15, -0.1) is 0 Å². The lowest BCUT2D eigenvalue weighted by atomic mass is 10.1. The van der Waals surface area contributed by atoms with E-state index in [1.807, 2.05) is 0 Å². The van der Waals surface area contributed by atoms with Gasteiger partial charge in [0.25, 0.3) is 11.1 Å². The van der Waals surface area contributed by atoms with Gasteiger partial charge in [-0.2, -0.15) is 10.2 Å². The fourth-order valence-corrected chi connectivity index (χ4v) is 6.23. The van der Waals surface area contributed by atoms with Gasteiger partial charge >= 0.3 is 0 Å². The lowest BCUT2D eigenvalue weighted by Crippen LogP contribution is -2.24. The second-order valence-electron chi connectivity index (χ2n) is 10.5. The Morgan fingerprint density at radius 3 is 1.35 bits per heavy atom. The average molecular weight is 877 g/mol. The Morgan fingerprint density at radius 1 is 0.667 bits per heavy atom. The predicted octanol–water partition coefficient (Wildman–Crippen LogP) is 8.98. The number of benzene rings is 2. The van der Waals surface area contributed by atoms with Gasteiger partial charge < -0.3 is 13.9 Å². The first kappa shape index (κ1) is 38.0. The zero-order valence-corrected chi connectivity index (χ0v) is 31.2. The molecule has 0 atom stereocenters. The van der Waals surface area contributed by atoms with E-state index in [-0.39, 0.29) is 57.2 Å². The Morgan fingerprint density at radius 2 is 1.04 bits per heavy atom. The van der Waals surface area contributed by atoms with Gasteiger partial charge in [-0.1, -0.05) is 23.2 Å². The molecule has 4 heterocycles. The number of hydrogen-bond acceptors (Lipinski definition) is 5. The number of hydrogen-bond donors (Lipinski definition) is 0. The van der Waals surface area contributed by atoms with Crippen molar-refractivity contribution in [1.82, 2.24) is 28.7 Å². The minimum atomic E-state index is -1.13. The largest absolute Gasteiger partial charge is 0.497 e. The molecule has 2 aromatic carbocycles.